The standard InChI is InChI=1S/C27H25ClFN5O6/c28-22-3-1-2-20(14-22)26(35)32(18-19-4-6-23(29)7-5-19)13-10-30-8-11-31(12-9-30)27(36)21-15-24(33(37)38)17-25(16-21)34(39)40/h1-7,14-17H,8-13,18H2. The first-order chi connectivity index (χ1) is 19.1. The Hall–Kier alpha value is -4.42. The Morgan fingerprint density at radius 2 is 1.50 bits per heavy atom. The van der Waals surface area contributed by atoms with Crippen LogP contribution in [-0.4, -0.2) is 75.6 Å². The molecule has 0 aromatic heterocycles. The van der Waals surface area contributed by atoms with Gasteiger partial charge in [-0.3, -0.25) is 34.7 Å². The molecule has 0 unspecified atom stereocenters. The van der Waals surface area contributed by atoms with Crippen molar-refractivity contribution in [1.82, 2.24) is 14.7 Å². The molecule has 40 heavy (non-hydrogen) atoms. The largest absolute Gasteiger partial charge is 0.336 e. The Labute approximate surface area is 233 Å². The topological polar surface area (TPSA) is 130 Å². The Bertz CT molecular complexity index is 1400. The second-order valence-electron chi connectivity index (χ2n) is 9.25. The Morgan fingerprint density at radius 1 is 0.875 bits per heavy atom. The molecular formula is C27H25ClFN5O6. The maximum atomic E-state index is 13.4. The highest BCUT2D eigenvalue weighted by atomic mass is 35.5. The fraction of sp³-hybridized carbons (Fsp3) is 0.259. The Morgan fingerprint density at radius 3 is 2.08 bits per heavy atom. The summed E-state index contributed by atoms with van der Waals surface area (Å²) in [5.41, 5.74) is 0.0184. The lowest BCUT2D eigenvalue weighted by atomic mass is 10.1. The highest BCUT2D eigenvalue weighted by molar-refractivity contribution is 6.30. The number of nitro benzene ring substituents is 2. The number of rotatable bonds is 9. The first-order valence-corrected chi connectivity index (χ1v) is 12.7. The van der Waals surface area contributed by atoms with E-state index >= 15 is 0 Å². The van der Waals surface area contributed by atoms with Crippen molar-refractivity contribution in [3.05, 3.63) is 114 Å². The van der Waals surface area contributed by atoms with Gasteiger partial charge in [0.1, 0.15) is 5.82 Å². The molecular weight excluding hydrogens is 545 g/mol. The van der Waals surface area contributed by atoms with Gasteiger partial charge in [0, 0.05) is 68.5 Å². The number of piperazine rings is 1. The average Bonchev–Trinajstić information content (AvgIpc) is 2.95. The van der Waals surface area contributed by atoms with E-state index in [0.717, 1.165) is 23.8 Å². The molecule has 2 amide bonds. The van der Waals surface area contributed by atoms with Crippen LogP contribution in [0, 0.1) is 26.0 Å². The number of hydrogen-bond donors (Lipinski definition) is 0. The molecule has 0 bridgehead atoms. The second kappa shape index (κ2) is 12.6. The summed E-state index contributed by atoms with van der Waals surface area (Å²) in [4.78, 5) is 52.3. The van der Waals surface area contributed by atoms with Gasteiger partial charge in [0.05, 0.1) is 21.5 Å². The molecule has 0 radical (unpaired) electrons. The van der Waals surface area contributed by atoms with Gasteiger partial charge in [-0.05, 0) is 35.9 Å². The second-order valence-corrected chi connectivity index (χ2v) is 9.69. The molecule has 1 aliphatic heterocycles. The van der Waals surface area contributed by atoms with Gasteiger partial charge in [-0.1, -0.05) is 29.8 Å². The third-order valence-electron chi connectivity index (χ3n) is 6.56. The van der Waals surface area contributed by atoms with Crippen LogP contribution < -0.4 is 0 Å². The number of nitro groups is 2. The lowest BCUT2D eigenvalue weighted by Gasteiger charge is -2.36. The molecule has 1 fully saturated rings. The molecule has 3 aromatic rings. The number of nitrogens with zero attached hydrogens (tertiary/aromatic N) is 5. The molecule has 0 atom stereocenters. The summed E-state index contributed by atoms with van der Waals surface area (Å²) in [6.07, 6.45) is 0. The van der Waals surface area contributed by atoms with Gasteiger partial charge in [-0.25, -0.2) is 4.39 Å². The van der Waals surface area contributed by atoms with Crippen LogP contribution in [0.4, 0.5) is 15.8 Å². The molecule has 0 spiro atoms. The van der Waals surface area contributed by atoms with Crippen molar-refractivity contribution in [2.45, 2.75) is 6.54 Å². The van der Waals surface area contributed by atoms with E-state index in [9.17, 15) is 34.2 Å². The van der Waals surface area contributed by atoms with E-state index in [4.69, 9.17) is 11.6 Å². The minimum atomic E-state index is -0.774. The monoisotopic (exact) mass is 569 g/mol. The van der Waals surface area contributed by atoms with Crippen LogP contribution >= 0.6 is 11.6 Å². The van der Waals surface area contributed by atoms with Crippen molar-refractivity contribution in [2.24, 2.45) is 0 Å². The van der Waals surface area contributed by atoms with Gasteiger partial charge in [-0.15, -0.1) is 0 Å². The van der Waals surface area contributed by atoms with E-state index in [1.54, 1.807) is 41.3 Å². The Kier molecular flexibility index (Phi) is 9.02. The number of benzene rings is 3. The molecule has 1 heterocycles. The predicted octanol–water partition coefficient (Wildman–Crippen LogP) is 4.40. The van der Waals surface area contributed by atoms with Crippen LogP contribution in [0.25, 0.3) is 0 Å². The maximum absolute atomic E-state index is 13.4. The highest BCUT2D eigenvalue weighted by Crippen LogP contribution is 2.24. The molecule has 0 N–H and O–H groups in total. The number of non-ortho nitro benzene ring substituents is 2. The molecule has 13 heteroatoms. The normalized spacial score (nSPS) is 13.6. The van der Waals surface area contributed by atoms with E-state index in [1.807, 2.05) is 0 Å². The van der Waals surface area contributed by atoms with Crippen molar-refractivity contribution < 1.29 is 23.8 Å². The van der Waals surface area contributed by atoms with Gasteiger partial charge in [-0.2, -0.15) is 0 Å². The van der Waals surface area contributed by atoms with Gasteiger partial charge < -0.3 is 9.80 Å². The third kappa shape index (κ3) is 7.16. The number of halogens is 2. The van der Waals surface area contributed by atoms with Gasteiger partial charge in [0.25, 0.3) is 23.2 Å². The summed E-state index contributed by atoms with van der Waals surface area (Å²) in [5, 5.41) is 22.8. The zero-order valence-corrected chi connectivity index (χ0v) is 22.0. The zero-order valence-electron chi connectivity index (χ0n) is 21.2. The van der Waals surface area contributed by atoms with Crippen LogP contribution in [-0.2, 0) is 6.54 Å². The first kappa shape index (κ1) is 28.6. The van der Waals surface area contributed by atoms with Crippen LogP contribution in [0.1, 0.15) is 26.3 Å². The molecule has 0 saturated carbocycles. The average molecular weight is 570 g/mol. The molecule has 3 aromatic carbocycles. The fourth-order valence-corrected chi connectivity index (χ4v) is 4.61. The van der Waals surface area contributed by atoms with Crippen molar-refractivity contribution >= 4 is 34.8 Å². The number of carbonyl (C=O) groups excluding carboxylic acids is 2. The van der Waals surface area contributed by atoms with Gasteiger partial charge >= 0.3 is 0 Å². The van der Waals surface area contributed by atoms with Crippen molar-refractivity contribution in [3.8, 4) is 0 Å². The van der Waals surface area contributed by atoms with Crippen molar-refractivity contribution in [1.29, 1.82) is 0 Å². The van der Waals surface area contributed by atoms with Crippen LogP contribution in [0.15, 0.2) is 66.7 Å². The third-order valence-corrected chi connectivity index (χ3v) is 6.80. The number of hydrogen-bond acceptors (Lipinski definition) is 7. The summed E-state index contributed by atoms with van der Waals surface area (Å²) in [7, 11) is 0. The van der Waals surface area contributed by atoms with E-state index in [1.165, 1.54) is 17.0 Å². The van der Waals surface area contributed by atoms with E-state index in [2.05, 4.69) is 4.90 Å². The van der Waals surface area contributed by atoms with Crippen LogP contribution in [0.3, 0.4) is 0 Å². The van der Waals surface area contributed by atoms with Gasteiger partial charge in [0.15, 0.2) is 0 Å². The smallest absolute Gasteiger partial charge is 0.277 e. The lowest BCUT2D eigenvalue weighted by Crippen LogP contribution is -2.50. The van der Waals surface area contributed by atoms with E-state index < -0.39 is 27.1 Å². The first-order valence-electron chi connectivity index (χ1n) is 12.4. The minimum absolute atomic E-state index is 0.119. The van der Waals surface area contributed by atoms with Crippen molar-refractivity contribution in [2.75, 3.05) is 39.3 Å². The quantitative estimate of drug-likeness (QED) is 0.276. The molecule has 1 aliphatic rings. The minimum Gasteiger partial charge on any atom is -0.336 e. The van der Waals surface area contributed by atoms with Crippen LogP contribution in [0.2, 0.25) is 5.02 Å². The number of amides is 2. The SMILES string of the molecule is O=C(c1cc([N+](=O)[O-])cc([N+](=O)[O-])c1)N1CCN(CCN(Cc2ccc(F)cc2)C(=O)c2cccc(Cl)c2)CC1. The highest BCUT2D eigenvalue weighted by Gasteiger charge is 2.27. The lowest BCUT2D eigenvalue weighted by molar-refractivity contribution is -0.394. The summed E-state index contributed by atoms with van der Waals surface area (Å²) >= 11 is 6.08. The summed E-state index contributed by atoms with van der Waals surface area (Å²) in [6.45, 7) is 2.66. The maximum Gasteiger partial charge on any atom is 0.277 e. The molecule has 0 aliphatic carbocycles. The Balaban J connectivity index is 1.40. The number of carbonyl (C=O) groups is 2. The summed E-state index contributed by atoms with van der Waals surface area (Å²) < 4.78 is 13.4. The zero-order chi connectivity index (χ0) is 28.8. The van der Waals surface area contributed by atoms with Crippen LogP contribution in [0.5, 0.6) is 0 Å². The molecule has 4 rings (SSSR count). The van der Waals surface area contributed by atoms with Gasteiger partial charge in [0.2, 0.25) is 0 Å². The fourth-order valence-electron chi connectivity index (χ4n) is 4.42. The molecule has 1 saturated heterocycles. The summed E-state index contributed by atoms with van der Waals surface area (Å²) in [5.74, 6) is -1.13. The van der Waals surface area contributed by atoms with E-state index in [0.29, 0.717) is 49.9 Å². The van der Waals surface area contributed by atoms with Crippen molar-refractivity contribution in [3.63, 3.8) is 0 Å². The molecule has 11 nitrogen and oxygen atoms in total. The predicted molar refractivity (Wildman–Crippen MR) is 145 cm³/mol. The molecule has 208 valence electrons. The summed E-state index contributed by atoms with van der Waals surface area (Å²) in [6, 6.07) is 15.4. The van der Waals surface area contributed by atoms with E-state index in [-0.39, 0.29) is 23.8 Å².